The van der Waals surface area contributed by atoms with E-state index in [4.69, 9.17) is 4.74 Å². The number of amides is 1. The fourth-order valence-electron chi connectivity index (χ4n) is 4.12. The van der Waals surface area contributed by atoms with E-state index in [2.05, 4.69) is 22.0 Å². The zero-order valence-electron chi connectivity index (χ0n) is 15.2. The van der Waals surface area contributed by atoms with Crippen LogP contribution in [0.15, 0.2) is 36.7 Å². The van der Waals surface area contributed by atoms with Crippen LogP contribution in [0.3, 0.4) is 0 Å². The molecule has 4 rings (SSSR count). The third-order valence-corrected chi connectivity index (χ3v) is 5.47. The zero-order valence-corrected chi connectivity index (χ0v) is 15.2. The highest BCUT2D eigenvalue weighted by Crippen LogP contribution is 2.24. The lowest BCUT2D eigenvalue weighted by Gasteiger charge is -2.48. The molecule has 2 atom stereocenters. The Kier molecular flexibility index (Phi) is 5.04. The van der Waals surface area contributed by atoms with E-state index in [1.54, 1.807) is 6.20 Å². The maximum absolute atomic E-state index is 13.0. The van der Waals surface area contributed by atoms with Gasteiger partial charge in [-0.3, -0.25) is 14.8 Å². The lowest BCUT2D eigenvalue weighted by molar-refractivity contribution is -0.0776. The first kappa shape index (κ1) is 17.2. The second-order valence-corrected chi connectivity index (χ2v) is 7.19. The van der Waals surface area contributed by atoms with Crippen LogP contribution in [0.2, 0.25) is 0 Å². The molecular weight excluding hydrogens is 328 g/mol. The monoisotopic (exact) mass is 354 g/mol. The predicted octanol–water partition coefficient (Wildman–Crippen LogP) is 2.40. The summed E-state index contributed by atoms with van der Waals surface area (Å²) in [4.78, 5) is 17.6. The van der Waals surface area contributed by atoms with Crippen molar-refractivity contribution in [2.75, 3.05) is 32.8 Å². The van der Waals surface area contributed by atoms with Gasteiger partial charge in [-0.2, -0.15) is 5.10 Å². The molecule has 1 amide bonds. The largest absolute Gasteiger partial charge is 0.378 e. The molecule has 2 aliphatic rings. The van der Waals surface area contributed by atoms with Crippen molar-refractivity contribution < 1.29 is 9.53 Å². The van der Waals surface area contributed by atoms with E-state index in [-0.39, 0.29) is 5.91 Å². The average Bonchev–Trinajstić information content (AvgIpc) is 3.22. The fraction of sp³-hybridized carbons (Fsp3) is 0.500. The molecule has 1 N–H and O–H groups in total. The predicted molar refractivity (Wildman–Crippen MR) is 99.9 cm³/mol. The van der Waals surface area contributed by atoms with Gasteiger partial charge in [0.2, 0.25) is 0 Å². The van der Waals surface area contributed by atoms with Crippen LogP contribution in [0.5, 0.6) is 0 Å². The molecule has 0 aliphatic carbocycles. The lowest BCUT2D eigenvalue weighted by Crippen LogP contribution is -2.62. The van der Waals surface area contributed by atoms with Crippen LogP contribution in [-0.2, 0) is 4.74 Å². The van der Waals surface area contributed by atoms with Crippen molar-refractivity contribution in [3.63, 3.8) is 0 Å². The van der Waals surface area contributed by atoms with Gasteiger partial charge in [0.05, 0.1) is 25.5 Å². The SMILES string of the molecule is CCC[C@H]1COC[C@H]2CN(C(=O)c3cccc(-c4cn[nH]c4)c3)CCN12. The maximum Gasteiger partial charge on any atom is 0.253 e. The highest BCUT2D eigenvalue weighted by atomic mass is 16.5. The first-order valence-electron chi connectivity index (χ1n) is 9.48. The Morgan fingerprint density at radius 3 is 3.04 bits per heavy atom. The van der Waals surface area contributed by atoms with Crippen LogP contribution >= 0.6 is 0 Å². The summed E-state index contributed by atoms with van der Waals surface area (Å²) >= 11 is 0. The summed E-state index contributed by atoms with van der Waals surface area (Å²) in [5, 5.41) is 6.81. The first-order valence-corrected chi connectivity index (χ1v) is 9.48. The molecule has 138 valence electrons. The van der Waals surface area contributed by atoms with Gasteiger partial charge in [-0.1, -0.05) is 25.5 Å². The van der Waals surface area contributed by atoms with E-state index >= 15 is 0 Å². The number of ether oxygens (including phenoxy) is 1. The molecule has 0 unspecified atom stereocenters. The molecule has 1 aromatic heterocycles. The van der Waals surface area contributed by atoms with E-state index < -0.39 is 0 Å². The Morgan fingerprint density at radius 1 is 1.31 bits per heavy atom. The Labute approximate surface area is 154 Å². The number of hydrogen-bond acceptors (Lipinski definition) is 4. The Balaban J connectivity index is 1.47. The van der Waals surface area contributed by atoms with Gasteiger partial charge in [-0.05, 0) is 24.1 Å². The number of nitrogens with zero attached hydrogens (tertiary/aromatic N) is 3. The number of fused-ring (bicyclic) bond motifs is 1. The second kappa shape index (κ2) is 7.60. The second-order valence-electron chi connectivity index (χ2n) is 7.19. The Bertz CT molecular complexity index is 744. The quantitative estimate of drug-likeness (QED) is 0.916. The molecule has 2 aliphatic heterocycles. The number of aromatic nitrogens is 2. The number of benzene rings is 1. The number of piperazine rings is 1. The van der Waals surface area contributed by atoms with Gasteiger partial charge >= 0.3 is 0 Å². The molecule has 6 heteroatoms. The van der Waals surface area contributed by atoms with Gasteiger partial charge < -0.3 is 9.64 Å². The lowest BCUT2D eigenvalue weighted by atomic mass is 10.0. The number of hydrogen-bond donors (Lipinski definition) is 1. The van der Waals surface area contributed by atoms with Crippen LogP contribution < -0.4 is 0 Å². The van der Waals surface area contributed by atoms with Crippen LogP contribution in [0, 0.1) is 0 Å². The summed E-state index contributed by atoms with van der Waals surface area (Å²) in [5.41, 5.74) is 2.73. The zero-order chi connectivity index (χ0) is 17.9. The van der Waals surface area contributed by atoms with E-state index in [1.807, 2.05) is 35.4 Å². The van der Waals surface area contributed by atoms with E-state index in [0.29, 0.717) is 12.1 Å². The molecule has 2 fully saturated rings. The Morgan fingerprint density at radius 2 is 2.23 bits per heavy atom. The van der Waals surface area contributed by atoms with Gasteiger partial charge in [-0.25, -0.2) is 0 Å². The van der Waals surface area contributed by atoms with Crippen molar-refractivity contribution >= 4 is 5.91 Å². The molecule has 3 heterocycles. The molecule has 1 aromatic carbocycles. The van der Waals surface area contributed by atoms with Crippen molar-refractivity contribution in [1.82, 2.24) is 20.0 Å². The standard InChI is InChI=1S/C20H26N4O2/c1-2-4-18-13-26-14-19-12-23(7-8-24(18)19)20(25)16-6-3-5-15(9-16)17-10-21-22-11-17/h3,5-6,9-11,18-19H,2,4,7-8,12-14H2,1H3,(H,21,22)/t18-,19+/m0/s1. The molecule has 0 saturated carbocycles. The molecule has 0 radical (unpaired) electrons. The van der Waals surface area contributed by atoms with Crippen LogP contribution in [0.25, 0.3) is 11.1 Å². The molecule has 0 bridgehead atoms. The minimum atomic E-state index is 0.104. The minimum Gasteiger partial charge on any atom is -0.378 e. The van der Waals surface area contributed by atoms with E-state index in [9.17, 15) is 4.79 Å². The summed E-state index contributed by atoms with van der Waals surface area (Å²) in [6.07, 6.45) is 5.95. The number of carbonyl (C=O) groups is 1. The summed E-state index contributed by atoms with van der Waals surface area (Å²) in [6, 6.07) is 8.61. The molecule has 2 saturated heterocycles. The summed E-state index contributed by atoms with van der Waals surface area (Å²) in [7, 11) is 0. The number of rotatable bonds is 4. The summed E-state index contributed by atoms with van der Waals surface area (Å²) < 4.78 is 5.82. The Hall–Kier alpha value is -2.18. The number of nitrogens with one attached hydrogen (secondary N) is 1. The minimum absolute atomic E-state index is 0.104. The summed E-state index contributed by atoms with van der Waals surface area (Å²) in [6.45, 7) is 6.23. The van der Waals surface area contributed by atoms with E-state index in [1.165, 1.54) is 6.42 Å². The van der Waals surface area contributed by atoms with Crippen LogP contribution in [-0.4, -0.2) is 70.8 Å². The highest BCUT2D eigenvalue weighted by Gasteiger charge is 2.36. The van der Waals surface area contributed by atoms with Crippen molar-refractivity contribution in [3.8, 4) is 11.1 Å². The molecule has 0 spiro atoms. The molecule has 26 heavy (non-hydrogen) atoms. The molecule has 6 nitrogen and oxygen atoms in total. The first-order chi connectivity index (χ1) is 12.8. The number of carbonyl (C=O) groups excluding carboxylic acids is 1. The molecular formula is C20H26N4O2. The number of aromatic amines is 1. The normalized spacial score (nSPS) is 23.7. The van der Waals surface area contributed by atoms with Crippen LogP contribution in [0.4, 0.5) is 0 Å². The number of H-pyrrole nitrogens is 1. The summed E-state index contributed by atoms with van der Waals surface area (Å²) in [5.74, 6) is 0.104. The molecule has 2 aromatic rings. The van der Waals surface area contributed by atoms with E-state index in [0.717, 1.165) is 56.0 Å². The van der Waals surface area contributed by atoms with Gasteiger partial charge in [-0.15, -0.1) is 0 Å². The highest BCUT2D eigenvalue weighted by molar-refractivity contribution is 5.95. The third kappa shape index (κ3) is 3.39. The van der Waals surface area contributed by atoms with Gasteiger partial charge in [0, 0.05) is 43.0 Å². The van der Waals surface area contributed by atoms with Gasteiger partial charge in [0.15, 0.2) is 0 Å². The average molecular weight is 354 g/mol. The van der Waals surface area contributed by atoms with Crippen molar-refractivity contribution in [1.29, 1.82) is 0 Å². The van der Waals surface area contributed by atoms with Crippen molar-refractivity contribution in [3.05, 3.63) is 42.2 Å². The fourth-order valence-corrected chi connectivity index (χ4v) is 4.12. The number of morpholine rings is 1. The smallest absolute Gasteiger partial charge is 0.253 e. The van der Waals surface area contributed by atoms with Gasteiger partial charge in [0.1, 0.15) is 0 Å². The third-order valence-electron chi connectivity index (χ3n) is 5.47. The van der Waals surface area contributed by atoms with Crippen LogP contribution in [0.1, 0.15) is 30.1 Å². The van der Waals surface area contributed by atoms with Gasteiger partial charge in [0.25, 0.3) is 5.91 Å². The topological polar surface area (TPSA) is 61.5 Å². The maximum atomic E-state index is 13.0. The van der Waals surface area contributed by atoms with Crippen molar-refractivity contribution in [2.45, 2.75) is 31.8 Å². The van der Waals surface area contributed by atoms with Crippen molar-refractivity contribution in [2.24, 2.45) is 0 Å².